The summed E-state index contributed by atoms with van der Waals surface area (Å²) >= 11 is 0. The molecule has 0 unspecified atom stereocenters. The minimum absolute atomic E-state index is 0.0714. The van der Waals surface area contributed by atoms with E-state index in [0.29, 0.717) is 0 Å². The average Bonchev–Trinajstić information content (AvgIpc) is 3.05. The number of anilines is 3. The molecular weight excluding hydrogens is 330 g/mol. The Morgan fingerprint density at radius 2 is 2.00 bits per heavy atom. The normalized spacial score (nSPS) is 12.8. The average molecular weight is 353 g/mol. The molecule has 2 aromatic rings. The Morgan fingerprint density at radius 3 is 2.69 bits per heavy atom. The van der Waals surface area contributed by atoms with Crippen LogP contribution in [0.2, 0.25) is 0 Å². The Morgan fingerprint density at radius 1 is 1.23 bits per heavy atom. The molecule has 0 atom stereocenters. The molecule has 1 aromatic heterocycles. The summed E-state index contributed by atoms with van der Waals surface area (Å²) in [6.45, 7) is 4.20. The van der Waals surface area contributed by atoms with Gasteiger partial charge in [0.1, 0.15) is 11.9 Å². The second kappa shape index (κ2) is 7.08. The molecule has 136 valence electrons. The van der Waals surface area contributed by atoms with Crippen molar-refractivity contribution in [1.29, 1.82) is 5.26 Å². The van der Waals surface area contributed by atoms with E-state index in [1.54, 1.807) is 7.05 Å². The smallest absolute Gasteiger partial charge is 0.332 e. The van der Waals surface area contributed by atoms with Gasteiger partial charge in [0.05, 0.1) is 0 Å². The highest BCUT2D eigenvalue weighted by Crippen LogP contribution is 2.32. The maximum Gasteiger partial charge on any atom is 0.332 e. The van der Waals surface area contributed by atoms with Crippen molar-refractivity contribution < 1.29 is 0 Å². The second-order valence-electron chi connectivity index (χ2n) is 6.60. The third-order valence-electron chi connectivity index (χ3n) is 4.90. The van der Waals surface area contributed by atoms with Crippen molar-refractivity contribution in [3.05, 3.63) is 50.2 Å². The number of unbranched alkanes of at least 4 members (excludes halogenated alkanes) is 1. The van der Waals surface area contributed by atoms with Crippen LogP contribution in [-0.4, -0.2) is 22.2 Å². The Labute approximate surface area is 152 Å². The molecule has 0 fully saturated rings. The molecule has 7 nitrogen and oxygen atoms in total. The first-order valence-corrected chi connectivity index (χ1v) is 8.83. The molecule has 0 saturated heterocycles. The Balaban J connectivity index is 2.00. The third kappa shape index (κ3) is 2.99. The van der Waals surface area contributed by atoms with Gasteiger partial charge in [-0.05, 0) is 30.5 Å². The summed E-state index contributed by atoms with van der Waals surface area (Å²) in [4.78, 5) is 26.8. The lowest BCUT2D eigenvalue weighted by molar-refractivity contribution is 0.689. The van der Waals surface area contributed by atoms with Gasteiger partial charge in [0.15, 0.2) is 5.56 Å². The molecule has 2 heterocycles. The van der Waals surface area contributed by atoms with Crippen molar-refractivity contribution in [3.63, 3.8) is 0 Å². The number of nitriles is 1. The van der Waals surface area contributed by atoms with Crippen molar-refractivity contribution in [2.24, 2.45) is 14.1 Å². The maximum absolute atomic E-state index is 12.2. The van der Waals surface area contributed by atoms with Gasteiger partial charge in [-0.3, -0.25) is 13.9 Å². The predicted molar refractivity (Wildman–Crippen MR) is 102 cm³/mol. The largest absolute Gasteiger partial charge is 0.371 e. The van der Waals surface area contributed by atoms with Crippen LogP contribution in [-0.2, 0) is 20.5 Å². The van der Waals surface area contributed by atoms with Gasteiger partial charge < -0.3 is 10.2 Å². The number of hydrogen-bond donors (Lipinski definition) is 1. The van der Waals surface area contributed by atoms with Crippen molar-refractivity contribution in [1.82, 2.24) is 9.13 Å². The highest BCUT2D eigenvalue weighted by molar-refractivity contribution is 5.70. The van der Waals surface area contributed by atoms with E-state index >= 15 is 0 Å². The number of benzene rings is 1. The van der Waals surface area contributed by atoms with Crippen LogP contribution in [0.25, 0.3) is 0 Å². The summed E-state index contributed by atoms with van der Waals surface area (Å²) in [7, 11) is 2.92. The maximum atomic E-state index is 12.2. The fraction of sp³-hybridized carbons (Fsp3) is 0.421. The first-order chi connectivity index (χ1) is 12.5. The van der Waals surface area contributed by atoms with Crippen LogP contribution in [0.1, 0.15) is 30.9 Å². The third-order valence-corrected chi connectivity index (χ3v) is 4.90. The number of nitrogens with zero attached hydrogens (tertiary/aromatic N) is 4. The van der Waals surface area contributed by atoms with Gasteiger partial charge in [-0.2, -0.15) is 5.26 Å². The highest BCUT2D eigenvalue weighted by Gasteiger charge is 2.20. The lowest BCUT2D eigenvalue weighted by Crippen LogP contribution is -2.39. The van der Waals surface area contributed by atoms with Crippen molar-refractivity contribution in [2.45, 2.75) is 26.2 Å². The van der Waals surface area contributed by atoms with E-state index in [1.165, 1.54) is 22.9 Å². The standard InChI is InChI=1S/C19H23N5O2/c1-4-5-9-24-10-8-13-6-7-14(11-16(13)24)21-17-15(12-20)18(25)23(3)19(26)22(17)2/h6-7,11,21H,4-5,8-10H2,1-3H3. The van der Waals surface area contributed by atoms with Crippen molar-refractivity contribution in [2.75, 3.05) is 23.3 Å². The molecule has 0 saturated carbocycles. The molecule has 0 amide bonds. The van der Waals surface area contributed by atoms with Crippen LogP contribution in [0.15, 0.2) is 27.8 Å². The van der Waals surface area contributed by atoms with Gasteiger partial charge in [0.25, 0.3) is 5.56 Å². The zero-order valence-electron chi connectivity index (χ0n) is 15.4. The lowest BCUT2D eigenvalue weighted by atomic mass is 10.1. The molecule has 1 aromatic carbocycles. The molecule has 1 N–H and O–H groups in total. The molecular formula is C19H23N5O2. The van der Waals surface area contributed by atoms with Crippen LogP contribution in [0.3, 0.4) is 0 Å². The molecule has 0 aliphatic carbocycles. The van der Waals surface area contributed by atoms with E-state index in [1.807, 2.05) is 18.2 Å². The zero-order valence-corrected chi connectivity index (χ0v) is 15.4. The molecule has 0 radical (unpaired) electrons. The lowest BCUT2D eigenvalue weighted by Gasteiger charge is -2.20. The predicted octanol–water partition coefficient (Wildman–Crippen LogP) is 1.86. The second-order valence-corrected chi connectivity index (χ2v) is 6.60. The van der Waals surface area contributed by atoms with E-state index < -0.39 is 11.2 Å². The fourth-order valence-electron chi connectivity index (χ4n) is 3.33. The number of fused-ring (bicyclic) bond motifs is 1. The highest BCUT2D eigenvalue weighted by atomic mass is 16.2. The van der Waals surface area contributed by atoms with Gasteiger partial charge in [-0.15, -0.1) is 0 Å². The van der Waals surface area contributed by atoms with Gasteiger partial charge in [0, 0.05) is 38.6 Å². The topological polar surface area (TPSA) is 83.1 Å². The zero-order chi connectivity index (χ0) is 18.8. The molecule has 1 aliphatic rings. The van der Waals surface area contributed by atoms with Crippen LogP contribution >= 0.6 is 0 Å². The summed E-state index contributed by atoms with van der Waals surface area (Å²) in [5.41, 5.74) is 2.09. The van der Waals surface area contributed by atoms with Crippen molar-refractivity contribution >= 4 is 17.2 Å². The number of hydrogen-bond acceptors (Lipinski definition) is 5. The van der Waals surface area contributed by atoms with Gasteiger partial charge in [-0.25, -0.2) is 4.79 Å². The fourth-order valence-corrected chi connectivity index (χ4v) is 3.33. The number of aromatic nitrogens is 2. The van der Waals surface area contributed by atoms with E-state index in [0.717, 1.165) is 42.6 Å². The first-order valence-electron chi connectivity index (χ1n) is 8.83. The molecule has 26 heavy (non-hydrogen) atoms. The number of nitrogens with one attached hydrogen (secondary N) is 1. The Hall–Kier alpha value is -3.01. The number of rotatable bonds is 5. The Kier molecular flexibility index (Phi) is 4.85. The van der Waals surface area contributed by atoms with E-state index in [2.05, 4.69) is 23.2 Å². The van der Waals surface area contributed by atoms with Crippen LogP contribution < -0.4 is 21.5 Å². The minimum Gasteiger partial charge on any atom is -0.371 e. The summed E-state index contributed by atoms with van der Waals surface area (Å²) in [6, 6.07) is 7.93. The van der Waals surface area contributed by atoms with Crippen molar-refractivity contribution in [3.8, 4) is 6.07 Å². The van der Waals surface area contributed by atoms with E-state index in [9.17, 15) is 14.9 Å². The van der Waals surface area contributed by atoms with Gasteiger partial charge in [0.2, 0.25) is 0 Å². The molecule has 3 rings (SSSR count). The molecule has 1 aliphatic heterocycles. The summed E-state index contributed by atoms with van der Waals surface area (Å²) in [6.07, 6.45) is 3.30. The molecule has 0 bridgehead atoms. The molecule has 7 heteroatoms. The minimum atomic E-state index is -0.594. The van der Waals surface area contributed by atoms with Crippen LogP contribution in [0, 0.1) is 11.3 Å². The van der Waals surface area contributed by atoms with Gasteiger partial charge in [-0.1, -0.05) is 19.4 Å². The van der Waals surface area contributed by atoms with Gasteiger partial charge >= 0.3 is 5.69 Å². The summed E-state index contributed by atoms with van der Waals surface area (Å²) in [5.74, 6) is 0.221. The quantitative estimate of drug-likeness (QED) is 0.887. The summed E-state index contributed by atoms with van der Waals surface area (Å²) in [5, 5.41) is 12.5. The van der Waals surface area contributed by atoms with E-state index in [-0.39, 0.29) is 11.4 Å². The molecule has 0 spiro atoms. The first kappa shape index (κ1) is 17.8. The SMILES string of the molecule is CCCCN1CCc2ccc(Nc3c(C#N)c(=O)n(C)c(=O)n3C)cc21. The van der Waals surface area contributed by atoms with Crippen LogP contribution in [0.5, 0.6) is 0 Å². The van der Waals surface area contributed by atoms with E-state index in [4.69, 9.17) is 0 Å². The monoisotopic (exact) mass is 353 g/mol. The Bertz CT molecular complexity index is 997. The summed E-state index contributed by atoms with van der Waals surface area (Å²) < 4.78 is 2.24. The van der Waals surface area contributed by atoms with Crippen LogP contribution in [0.4, 0.5) is 17.2 Å².